The van der Waals surface area contributed by atoms with Crippen molar-refractivity contribution < 1.29 is 0 Å². The lowest BCUT2D eigenvalue weighted by Crippen LogP contribution is -2.23. The third-order valence-electron chi connectivity index (χ3n) is 2.88. The Balaban J connectivity index is 2.08. The smallest absolute Gasteiger partial charge is 0.231 e. The predicted octanol–water partition coefficient (Wildman–Crippen LogP) is 1.73. The van der Waals surface area contributed by atoms with Gasteiger partial charge in [-0.3, -0.25) is 0 Å². The molecule has 2 N–H and O–H groups in total. The third-order valence-corrected chi connectivity index (χ3v) is 3.05. The Kier molecular flexibility index (Phi) is 3.43. The summed E-state index contributed by atoms with van der Waals surface area (Å²) in [4.78, 5) is 14.1. The quantitative estimate of drug-likeness (QED) is 0.873. The minimum absolute atomic E-state index is 0.168. The lowest BCUT2D eigenvalue weighted by Gasteiger charge is -2.16. The molecule has 0 aliphatic carbocycles. The first-order chi connectivity index (χ1) is 7.69. The molecule has 0 amide bonds. The van der Waals surface area contributed by atoms with Gasteiger partial charge in [0.1, 0.15) is 0 Å². The molecule has 0 aromatic carbocycles. The van der Waals surface area contributed by atoms with Crippen LogP contribution in [-0.4, -0.2) is 28.0 Å². The molecule has 0 radical (unpaired) electrons. The van der Waals surface area contributed by atoms with Gasteiger partial charge in [0.25, 0.3) is 0 Å². The molecule has 1 aromatic rings. The number of hydrogen-bond acceptors (Lipinski definition) is 5. The van der Waals surface area contributed by atoms with Gasteiger partial charge in [0.15, 0.2) is 0 Å². The fourth-order valence-electron chi connectivity index (χ4n) is 2.15. The highest BCUT2D eigenvalue weighted by Gasteiger charge is 2.24. The zero-order valence-electron chi connectivity index (χ0n) is 9.36. The first-order valence-corrected chi connectivity index (χ1v) is 5.99. The van der Waals surface area contributed by atoms with Crippen LogP contribution in [0.5, 0.6) is 0 Å². The lowest BCUT2D eigenvalue weighted by molar-refractivity contribution is 0.529. The van der Waals surface area contributed by atoms with Gasteiger partial charge in [-0.1, -0.05) is 13.3 Å². The molecule has 5 nitrogen and oxygen atoms in total. The second-order valence-corrected chi connectivity index (χ2v) is 4.49. The van der Waals surface area contributed by atoms with Crippen LogP contribution < -0.4 is 10.6 Å². The van der Waals surface area contributed by atoms with Crippen LogP contribution in [0.2, 0.25) is 5.28 Å². The SMILES string of the molecule is CCCC1CCN(c2nc(N)nc(Cl)n2)C1. The van der Waals surface area contributed by atoms with Crippen molar-refractivity contribution in [2.24, 2.45) is 5.92 Å². The van der Waals surface area contributed by atoms with E-state index in [2.05, 4.69) is 26.8 Å². The Morgan fingerprint density at radius 3 is 2.94 bits per heavy atom. The average molecular weight is 242 g/mol. The Labute approximate surface area is 100 Å². The van der Waals surface area contributed by atoms with Gasteiger partial charge in [0, 0.05) is 13.1 Å². The summed E-state index contributed by atoms with van der Waals surface area (Å²) >= 11 is 5.76. The monoisotopic (exact) mass is 241 g/mol. The molecule has 88 valence electrons. The average Bonchev–Trinajstić information content (AvgIpc) is 2.65. The highest BCUT2D eigenvalue weighted by molar-refractivity contribution is 6.28. The van der Waals surface area contributed by atoms with Gasteiger partial charge < -0.3 is 10.6 Å². The van der Waals surface area contributed by atoms with Gasteiger partial charge in [-0.15, -0.1) is 0 Å². The molecular formula is C10H16ClN5. The maximum atomic E-state index is 5.76. The van der Waals surface area contributed by atoms with E-state index in [1.54, 1.807) is 0 Å². The van der Waals surface area contributed by atoms with Crippen molar-refractivity contribution in [3.63, 3.8) is 0 Å². The summed E-state index contributed by atoms with van der Waals surface area (Å²) in [6.45, 7) is 4.18. The number of anilines is 2. The van der Waals surface area contributed by atoms with E-state index in [0.29, 0.717) is 5.95 Å². The molecule has 1 fully saturated rings. The largest absolute Gasteiger partial charge is 0.368 e. The lowest BCUT2D eigenvalue weighted by atomic mass is 10.0. The highest BCUT2D eigenvalue weighted by atomic mass is 35.5. The van der Waals surface area contributed by atoms with E-state index in [0.717, 1.165) is 19.0 Å². The van der Waals surface area contributed by atoms with E-state index in [1.165, 1.54) is 19.3 Å². The van der Waals surface area contributed by atoms with E-state index >= 15 is 0 Å². The first kappa shape index (κ1) is 11.4. The highest BCUT2D eigenvalue weighted by Crippen LogP contribution is 2.24. The molecule has 1 aliphatic heterocycles. The van der Waals surface area contributed by atoms with Crippen LogP contribution in [0.1, 0.15) is 26.2 Å². The summed E-state index contributed by atoms with van der Waals surface area (Å²) < 4.78 is 0. The van der Waals surface area contributed by atoms with Gasteiger partial charge in [-0.05, 0) is 30.4 Å². The van der Waals surface area contributed by atoms with Crippen LogP contribution >= 0.6 is 11.6 Å². The predicted molar refractivity (Wildman–Crippen MR) is 64.5 cm³/mol. The van der Waals surface area contributed by atoms with Crippen molar-refractivity contribution in [3.8, 4) is 0 Å². The van der Waals surface area contributed by atoms with Gasteiger partial charge in [-0.2, -0.15) is 15.0 Å². The fraction of sp³-hybridized carbons (Fsp3) is 0.700. The van der Waals surface area contributed by atoms with Crippen LogP contribution in [0, 0.1) is 5.92 Å². The molecule has 2 heterocycles. The third kappa shape index (κ3) is 2.52. The molecule has 1 atom stereocenters. The van der Waals surface area contributed by atoms with Crippen LogP contribution in [0.15, 0.2) is 0 Å². The van der Waals surface area contributed by atoms with E-state index in [-0.39, 0.29) is 11.2 Å². The van der Waals surface area contributed by atoms with Crippen LogP contribution in [0.3, 0.4) is 0 Å². The van der Waals surface area contributed by atoms with Crippen LogP contribution in [0.4, 0.5) is 11.9 Å². The van der Waals surface area contributed by atoms with Gasteiger partial charge in [-0.25, -0.2) is 0 Å². The van der Waals surface area contributed by atoms with Crippen molar-refractivity contribution in [3.05, 3.63) is 5.28 Å². The maximum Gasteiger partial charge on any atom is 0.231 e. The number of nitrogens with two attached hydrogens (primary N) is 1. The van der Waals surface area contributed by atoms with Crippen LogP contribution in [0.25, 0.3) is 0 Å². The molecular weight excluding hydrogens is 226 g/mol. The van der Waals surface area contributed by atoms with Crippen molar-refractivity contribution in [1.29, 1.82) is 0 Å². The van der Waals surface area contributed by atoms with Crippen LogP contribution in [-0.2, 0) is 0 Å². The molecule has 6 heteroatoms. The van der Waals surface area contributed by atoms with E-state index in [4.69, 9.17) is 17.3 Å². The van der Waals surface area contributed by atoms with Gasteiger partial charge >= 0.3 is 0 Å². The summed E-state index contributed by atoms with van der Waals surface area (Å²) in [7, 11) is 0. The number of halogens is 1. The second-order valence-electron chi connectivity index (χ2n) is 4.15. The summed E-state index contributed by atoms with van der Waals surface area (Å²) in [5.41, 5.74) is 5.55. The van der Waals surface area contributed by atoms with Crippen molar-refractivity contribution in [2.45, 2.75) is 26.2 Å². The normalized spacial score (nSPS) is 20.4. The van der Waals surface area contributed by atoms with Crippen molar-refractivity contribution >= 4 is 23.5 Å². The van der Waals surface area contributed by atoms with Crippen molar-refractivity contribution in [1.82, 2.24) is 15.0 Å². The second kappa shape index (κ2) is 4.82. The Morgan fingerprint density at radius 1 is 1.44 bits per heavy atom. The zero-order chi connectivity index (χ0) is 11.5. The number of nitrogens with zero attached hydrogens (tertiary/aromatic N) is 4. The molecule has 16 heavy (non-hydrogen) atoms. The van der Waals surface area contributed by atoms with Gasteiger partial charge in [0.2, 0.25) is 17.2 Å². The molecule has 2 rings (SSSR count). The molecule has 1 aromatic heterocycles. The first-order valence-electron chi connectivity index (χ1n) is 5.61. The Morgan fingerprint density at radius 2 is 2.25 bits per heavy atom. The number of aromatic nitrogens is 3. The molecule has 0 spiro atoms. The number of hydrogen-bond donors (Lipinski definition) is 1. The molecule has 1 aliphatic rings. The number of nitrogen functional groups attached to an aromatic ring is 1. The van der Waals surface area contributed by atoms with E-state index < -0.39 is 0 Å². The maximum absolute atomic E-state index is 5.76. The summed E-state index contributed by atoms with van der Waals surface area (Å²) in [5.74, 6) is 1.53. The Hall–Kier alpha value is -1.10. The zero-order valence-corrected chi connectivity index (χ0v) is 10.1. The van der Waals surface area contributed by atoms with Gasteiger partial charge in [0.05, 0.1) is 0 Å². The summed E-state index contributed by atoms with van der Waals surface area (Å²) in [5, 5.41) is 0.168. The molecule has 0 saturated carbocycles. The number of rotatable bonds is 3. The molecule has 1 unspecified atom stereocenters. The Bertz CT molecular complexity index is 350. The van der Waals surface area contributed by atoms with E-state index in [9.17, 15) is 0 Å². The fourth-order valence-corrected chi connectivity index (χ4v) is 2.32. The van der Waals surface area contributed by atoms with E-state index in [1.807, 2.05) is 0 Å². The summed E-state index contributed by atoms with van der Waals surface area (Å²) in [6.07, 6.45) is 3.67. The minimum atomic E-state index is 0.168. The standard InChI is InChI=1S/C10H16ClN5/c1-2-3-7-4-5-16(6-7)10-14-8(11)13-9(12)15-10/h7H,2-6H2,1H3,(H2,12,13,14,15). The topological polar surface area (TPSA) is 67.9 Å². The minimum Gasteiger partial charge on any atom is -0.368 e. The molecule has 0 bridgehead atoms. The van der Waals surface area contributed by atoms with Crippen molar-refractivity contribution in [2.75, 3.05) is 23.7 Å². The summed E-state index contributed by atoms with van der Waals surface area (Å²) in [6, 6.07) is 0. The molecule has 1 saturated heterocycles.